The monoisotopic (exact) mass is 165 g/mol. The predicted octanol–water partition coefficient (Wildman–Crippen LogP) is 0.917. The van der Waals surface area contributed by atoms with E-state index in [1.165, 1.54) is 25.9 Å². The van der Waals surface area contributed by atoms with Gasteiger partial charge in [-0.25, -0.2) is 0 Å². The van der Waals surface area contributed by atoms with Crippen molar-refractivity contribution >= 4 is 5.78 Å². The Morgan fingerprint density at radius 2 is 1.92 bits per heavy atom. The van der Waals surface area contributed by atoms with Gasteiger partial charge in [-0.05, 0) is 24.7 Å². The van der Waals surface area contributed by atoms with Gasteiger partial charge in [-0.15, -0.1) is 0 Å². The molecule has 4 aliphatic rings. The van der Waals surface area contributed by atoms with E-state index in [0.717, 1.165) is 18.9 Å². The molecule has 4 atom stereocenters. The van der Waals surface area contributed by atoms with Gasteiger partial charge in [0, 0.05) is 32.0 Å². The zero-order valence-corrected chi connectivity index (χ0v) is 7.33. The van der Waals surface area contributed by atoms with Crippen LogP contribution >= 0.6 is 0 Å². The van der Waals surface area contributed by atoms with Crippen molar-refractivity contribution in [1.82, 2.24) is 4.90 Å². The zero-order chi connectivity index (χ0) is 8.13. The molecule has 3 aliphatic heterocycles. The third-order valence-electron chi connectivity index (χ3n) is 3.74. The molecule has 0 amide bonds. The maximum atomic E-state index is 11.6. The molecule has 66 valence electrons. The Morgan fingerprint density at radius 3 is 2.75 bits per heavy atom. The number of fused-ring (bicyclic) bond motifs is 1. The highest BCUT2D eigenvalue weighted by atomic mass is 16.1. The zero-order valence-electron chi connectivity index (χ0n) is 7.33. The second kappa shape index (κ2) is 2.32. The maximum Gasteiger partial charge on any atom is 0.137 e. The van der Waals surface area contributed by atoms with E-state index >= 15 is 0 Å². The Labute approximate surface area is 72.9 Å². The van der Waals surface area contributed by atoms with Gasteiger partial charge in [-0.3, -0.25) is 4.79 Å². The van der Waals surface area contributed by atoms with Crippen LogP contribution in [-0.4, -0.2) is 30.3 Å². The van der Waals surface area contributed by atoms with E-state index < -0.39 is 0 Å². The molecule has 0 aromatic carbocycles. The normalized spacial score (nSPS) is 51.2. The predicted molar refractivity (Wildman–Crippen MR) is 45.8 cm³/mol. The van der Waals surface area contributed by atoms with Gasteiger partial charge in [0.2, 0.25) is 0 Å². The number of piperidine rings is 2. The van der Waals surface area contributed by atoms with E-state index in [2.05, 4.69) is 4.90 Å². The van der Waals surface area contributed by atoms with Gasteiger partial charge in [0.25, 0.3) is 0 Å². The van der Waals surface area contributed by atoms with E-state index in [0.29, 0.717) is 17.6 Å². The van der Waals surface area contributed by atoms with Crippen molar-refractivity contribution in [3.63, 3.8) is 0 Å². The second-order valence-corrected chi connectivity index (χ2v) is 4.79. The largest absolute Gasteiger partial charge is 0.302 e. The molecule has 4 unspecified atom stereocenters. The van der Waals surface area contributed by atoms with Crippen LogP contribution in [0.5, 0.6) is 0 Å². The lowest BCUT2D eigenvalue weighted by Gasteiger charge is -2.40. The summed E-state index contributed by atoms with van der Waals surface area (Å²) in [6.45, 7) is 3.56. The minimum atomic E-state index is 0.413. The highest BCUT2D eigenvalue weighted by Crippen LogP contribution is 2.38. The lowest BCUT2D eigenvalue weighted by Crippen LogP contribution is -2.45. The van der Waals surface area contributed by atoms with Crippen LogP contribution in [-0.2, 0) is 4.79 Å². The van der Waals surface area contributed by atoms with E-state index in [1.807, 2.05) is 0 Å². The first-order chi connectivity index (χ1) is 5.81. The molecule has 0 spiro atoms. The summed E-state index contributed by atoms with van der Waals surface area (Å²) in [7, 11) is 0. The molecule has 1 saturated carbocycles. The summed E-state index contributed by atoms with van der Waals surface area (Å²) in [4.78, 5) is 14.1. The molecule has 4 fully saturated rings. The van der Waals surface area contributed by atoms with Gasteiger partial charge in [0.1, 0.15) is 5.78 Å². The molecular weight excluding hydrogens is 150 g/mol. The lowest BCUT2D eigenvalue weighted by molar-refractivity contribution is -0.123. The third kappa shape index (κ3) is 0.939. The molecule has 12 heavy (non-hydrogen) atoms. The fraction of sp³-hybridized carbons (Fsp3) is 0.900. The van der Waals surface area contributed by atoms with Crippen molar-refractivity contribution in [2.45, 2.75) is 19.3 Å². The Morgan fingerprint density at radius 1 is 1.08 bits per heavy atom. The van der Waals surface area contributed by atoms with Gasteiger partial charge in [-0.1, -0.05) is 0 Å². The van der Waals surface area contributed by atoms with Crippen LogP contribution in [0.25, 0.3) is 0 Å². The molecule has 3 heterocycles. The van der Waals surface area contributed by atoms with Crippen LogP contribution in [0, 0.1) is 17.8 Å². The summed E-state index contributed by atoms with van der Waals surface area (Å²) < 4.78 is 0. The summed E-state index contributed by atoms with van der Waals surface area (Å²) in [6, 6.07) is 0. The van der Waals surface area contributed by atoms with Crippen LogP contribution in [0.2, 0.25) is 0 Å². The Hall–Kier alpha value is -0.370. The fourth-order valence-electron chi connectivity index (χ4n) is 3.37. The Kier molecular flexibility index (Phi) is 1.37. The molecule has 4 bridgehead atoms. The van der Waals surface area contributed by atoms with E-state index in [1.54, 1.807) is 0 Å². The minimum absolute atomic E-state index is 0.413. The van der Waals surface area contributed by atoms with Crippen molar-refractivity contribution < 1.29 is 4.79 Å². The molecule has 0 aromatic rings. The van der Waals surface area contributed by atoms with Crippen molar-refractivity contribution in [3.8, 4) is 0 Å². The number of carbonyl (C=O) groups excluding carboxylic acids is 1. The number of hydrogen-bond donors (Lipinski definition) is 0. The number of rotatable bonds is 0. The molecule has 0 radical (unpaired) electrons. The first-order valence-electron chi connectivity index (χ1n) is 5.06. The highest BCUT2D eigenvalue weighted by molar-refractivity contribution is 5.82. The molecule has 4 rings (SSSR count). The van der Waals surface area contributed by atoms with Crippen LogP contribution in [0.15, 0.2) is 0 Å². The lowest BCUT2D eigenvalue weighted by atomic mass is 9.83. The topological polar surface area (TPSA) is 20.3 Å². The quantitative estimate of drug-likeness (QED) is 0.532. The number of nitrogens with zero attached hydrogens (tertiary/aromatic N) is 1. The van der Waals surface area contributed by atoms with Gasteiger partial charge in [0.05, 0.1) is 0 Å². The Balaban J connectivity index is 1.95. The molecule has 0 N–H and O–H groups in total. The van der Waals surface area contributed by atoms with Crippen molar-refractivity contribution in [2.75, 3.05) is 19.6 Å². The second-order valence-electron chi connectivity index (χ2n) is 4.79. The van der Waals surface area contributed by atoms with Crippen LogP contribution in [0.4, 0.5) is 0 Å². The van der Waals surface area contributed by atoms with Gasteiger partial charge in [-0.2, -0.15) is 0 Å². The van der Waals surface area contributed by atoms with Crippen molar-refractivity contribution in [1.29, 1.82) is 0 Å². The van der Waals surface area contributed by atoms with E-state index in [9.17, 15) is 4.79 Å². The van der Waals surface area contributed by atoms with Crippen molar-refractivity contribution in [3.05, 3.63) is 0 Å². The molecule has 0 aromatic heterocycles. The first-order valence-corrected chi connectivity index (χ1v) is 5.06. The van der Waals surface area contributed by atoms with Gasteiger partial charge >= 0.3 is 0 Å². The standard InChI is InChI=1S/C10H15NO/c12-10-3-8-1-7-2-9(10)6-11(4-7)5-8/h7-9H,1-6H2. The van der Waals surface area contributed by atoms with Crippen LogP contribution in [0.1, 0.15) is 19.3 Å². The molecule has 2 heteroatoms. The average molecular weight is 165 g/mol. The van der Waals surface area contributed by atoms with Gasteiger partial charge < -0.3 is 4.90 Å². The van der Waals surface area contributed by atoms with Gasteiger partial charge in [0.15, 0.2) is 0 Å². The number of hydrogen-bond acceptors (Lipinski definition) is 2. The average Bonchev–Trinajstić information content (AvgIpc) is 2.16. The van der Waals surface area contributed by atoms with Crippen molar-refractivity contribution in [2.24, 2.45) is 17.8 Å². The Bertz CT molecular complexity index is 212. The first kappa shape index (κ1) is 7.07. The van der Waals surface area contributed by atoms with E-state index in [-0.39, 0.29) is 0 Å². The summed E-state index contributed by atoms with van der Waals surface area (Å²) in [6.07, 6.45) is 3.42. The number of carbonyl (C=O) groups is 1. The minimum Gasteiger partial charge on any atom is -0.302 e. The van der Waals surface area contributed by atoms with Crippen LogP contribution < -0.4 is 0 Å². The fourth-order valence-corrected chi connectivity index (χ4v) is 3.37. The number of ketones is 1. The SMILES string of the molecule is O=C1CC2CC3CC1CN(C2)C3. The molecule has 3 saturated heterocycles. The third-order valence-corrected chi connectivity index (χ3v) is 3.74. The maximum absolute atomic E-state index is 11.6. The summed E-state index contributed by atoms with van der Waals surface area (Å²) in [5.41, 5.74) is 0. The molecular formula is C10H15NO. The smallest absolute Gasteiger partial charge is 0.137 e. The number of Topliss-reactive ketones (excluding diaryl/α,β-unsaturated/α-hetero) is 1. The summed E-state index contributed by atoms with van der Waals surface area (Å²) in [5.74, 6) is 2.54. The van der Waals surface area contributed by atoms with Crippen LogP contribution in [0.3, 0.4) is 0 Å². The summed E-state index contributed by atoms with van der Waals surface area (Å²) >= 11 is 0. The molecule has 2 nitrogen and oxygen atoms in total. The molecule has 1 aliphatic carbocycles. The highest BCUT2D eigenvalue weighted by Gasteiger charge is 2.41. The van der Waals surface area contributed by atoms with E-state index in [4.69, 9.17) is 0 Å². The summed E-state index contributed by atoms with van der Waals surface area (Å²) in [5, 5.41) is 0.